The molecule has 1 unspecified atom stereocenters. The minimum absolute atomic E-state index is 0.534. The highest BCUT2D eigenvalue weighted by atomic mass is 15.3. The first-order valence-corrected chi connectivity index (χ1v) is 6.43. The van der Waals surface area contributed by atoms with Crippen LogP contribution in [0, 0.1) is 6.92 Å². The maximum atomic E-state index is 4.37. The van der Waals surface area contributed by atoms with Gasteiger partial charge in [0.05, 0.1) is 0 Å². The molecule has 5 heteroatoms. The Morgan fingerprint density at radius 1 is 1.41 bits per heavy atom. The van der Waals surface area contributed by atoms with Crippen molar-refractivity contribution in [3.63, 3.8) is 0 Å². The summed E-state index contributed by atoms with van der Waals surface area (Å²) in [7, 11) is 4.20. The largest absolute Gasteiger partial charge is 0.316 e. The van der Waals surface area contributed by atoms with Crippen molar-refractivity contribution >= 4 is 0 Å². The molecule has 1 fully saturated rings. The number of likely N-dealkylation sites (N-methyl/N-ethyl adjacent to an activating group) is 1. The molecule has 1 aliphatic rings. The van der Waals surface area contributed by atoms with Crippen LogP contribution in [-0.2, 0) is 6.54 Å². The van der Waals surface area contributed by atoms with Gasteiger partial charge in [-0.05, 0) is 40.4 Å². The number of aryl methyl sites for hydroxylation is 1. The molecular weight excluding hydrogens is 214 g/mol. The van der Waals surface area contributed by atoms with E-state index in [1.165, 1.54) is 12.8 Å². The van der Waals surface area contributed by atoms with Crippen molar-refractivity contribution in [1.82, 2.24) is 25.0 Å². The Morgan fingerprint density at radius 2 is 2.24 bits per heavy atom. The molecule has 0 bridgehead atoms. The molecule has 1 aliphatic heterocycles. The number of piperidine rings is 1. The van der Waals surface area contributed by atoms with Crippen LogP contribution >= 0.6 is 0 Å². The van der Waals surface area contributed by atoms with Crippen molar-refractivity contribution in [3.8, 4) is 0 Å². The van der Waals surface area contributed by atoms with E-state index >= 15 is 0 Å². The highest BCUT2D eigenvalue weighted by Gasteiger charge is 2.21. The molecule has 2 rings (SSSR count). The molecule has 1 aromatic heterocycles. The number of hydrogen-bond donors (Lipinski definition) is 1. The highest BCUT2D eigenvalue weighted by Crippen LogP contribution is 2.22. The van der Waals surface area contributed by atoms with E-state index in [-0.39, 0.29) is 0 Å². The summed E-state index contributed by atoms with van der Waals surface area (Å²) < 4.78 is 2.28. The van der Waals surface area contributed by atoms with E-state index < -0.39 is 0 Å². The Balaban J connectivity index is 2.10. The van der Waals surface area contributed by atoms with Crippen LogP contribution in [0.4, 0.5) is 0 Å². The Hall–Kier alpha value is -0.940. The van der Waals surface area contributed by atoms with Crippen molar-refractivity contribution in [2.45, 2.75) is 32.2 Å². The zero-order chi connectivity index (χ0) is 12.3. The molecule has 0 aromatic carbocycles. The third kappa shape index (κ3) is 3.04. The van der Waals surface area contributed by atoms with Gasteiger partial charge in [0, 0.05) is 25.6 Å². The Kier molecular flexibility index (Phi) is 4.12. The summed E-state index contributed by atoms with van der Waals surface area (Å²) in [5, 5.41) is 12.1. The van der Waals surface area contributed by atoms with Crippen LogP contribution < -0.4 is 5.32 Å². The van der Waals surface area contributed by atoms with Crippen molar-refractivity contribution in [2.24, 2.45) is 0 Å². The van der Waals surface area contributed by atoms with E-state index in [9.17, 15) is 0 Å². The lowest BCUT2D eigenvalue weighted by molar-refractivity contribution is 0.367. The number of hydrogen-bond acceptors (Lipinski definition) is 4. The first-order valence-electron chi connectivity index (χ1n) is 6.43. The summed E-state index contributed by atoms with van der Waals surface area (Å²) in [6.07, 6.45) is 2.47. The van der Waals surface area contributed by atoms with Crippen LogP contribution in [0.25, 0.3) is 0 Å². The monoisotopic (exact) mass is 237 g/mol. The van der Waals surface area contributed by atoms with Crippen LogP contribution in [0.15, 0.2) is 0 Å². The maximum absolute atomic E-state index is 4.37. The second-order valence-corrected chi connectivity index (χ2v) is 5.10. The van der Waals surface area contributed by atoms with Crippen molar-refractivity contribution < 1.29 is 0 Å². The summed E-state index contributed by atoms with van der Waals surface area (Å²) in [6, 6.07) is 0. The molecule has 17 heavy (non-hydrogen) atoms. The zero-order valence-electron chi connectivity index (χ0n) is 11.1. The third-order valence-electron chi connectivity index (χ3n) is 3.40. The average Bonchev–Trinajstić information content (AvgIpc) is 2.69. The average molecular weight is 237 g/mol. The smallest absolute Gasteiger partial charge is 0.137 e. The molecule has 96 valence electrons. The van der Waals surface area contributed by atoms with Crippen LogP contribution in [-0.4, -0.2) is 53.4 Å². The van der Waals surface area contributed by atoms with E-state index in [1.54, 1.807) is 0 Å². The number of rotatable bonds is 4. The molecule has 2 heterocycles. The molecular formula is C12H23N5. The lowest BCUT2D eigenvalue weighted by atomic mass is 9.99. The van der Waals surface area contributed by atoms with Gasteiger partial charge >= 0.3 is 0 Å². The van der Waals surface area contributed by atoms with Crippen molar-refractivity contribution in [1.29, 1.82) is 0 Å². The van der Waals surface area contributed by atoms with Crippen LogP contribution in [0.5, 0.6) is 0 Å². The fourth-order valence-corrected chi connectivity index (χ4v) is 2.35. The number of nitrogens with one attached hydrogen (secondary N) is 1. The minimum atomic E-state index is 0.534. The summed E-state index contributed by atoms with van der Waals surface area (Å²) >= 11 is 0. The first-order chi connectivity index (χ1) is 8.18. The number of nitrogens with zero attached hydrogens (tertiary/aromatic N) is 4. The molecule has 1 saturated heterocycles. The predicted molar refractivity (Wildman–Crippen MR) is 68.2 cm³/mol. The highest BCUT2D eigenvalue weighted by molar-refractivity contribution is 5.03. The van der Waals surface area contributed by atoms with Crippen molar-refractivity contribution in [2.75, 3.05) is 33.7 Å². The van der Waals surface area contributed by atoms with Gasteiger partial charge < -0.3 is 14.8 Å². The molecule has 1 aromatic rings. The van der Waals surface area contributed by atoms with Crippen molar-refractivity contribution in [3.05, 3.63) is 11.6 Å². The maximum Gasteiger partial charge on any atom is 0.137 e. The van der Waals surface area contributed by atoms with Gasteiger partial charge in [-0.25, -0.2) is 0 Å². The van der Waals surface area contributed by atoms with Gasteiger partial charge in [-0.1, -0.05) is 0 Å². The molecule has 0 saturated carbocycles. The molecule has 5 nitrogen and oxygen atoms in total. The van der Waals surface area contributed by atoms with Crippen LogP contribution in [0.1, 0.15) is 30.4 Å². The topological polar surface area (TPSA) is 46.0 Å². The van der Waals surface area contributed by atoms with Crippen LogP contribution in [0.3, 0.4) is 0 Å². The summed E-state index contributed by atoms with van der Waals surface area (Å²) in [6.45, 7) is 6.24. The molecule has 0 spiro atoms. The normalized spacial score (nSPS) is 21.1. The molecule has 0 aliphatic carbocycles. The van der Waals surface area contributed by atoms with Gasteiger partial charge in [0.25, 0.3) is 0 Å². The van der Waals surface area contributed by atoms with Gasteiger partial charge in [0.2, 0.25) is 0 Å². The standard InChI is InChI=1S/C12H23N5/c1-10-14-15-12(11-5-4-6-13-9-11)17(10)8-7-16(2)3/h11,13H,4-9H2,1-3H3. The van der Waals surface area contributed by atoms with E-state index in [1.807, 2.05) is 6.92 Å². The van der Waals surface area contributed by atoms with Gasteiger partial charge in [-0.3, -0.25) is 0 Å². The second-order valence-electron chi connectivity index (χ2n) is 5.10. The zero-order valence-corrected chi connectivity index (χ0v) is 11.1. The molecule has 1 atom stereocenters. The lowest BCUT2D eigenvalue weighted by Crippen LogP contribution is -2.31. The predicted octanol–water partition coefficient (Wildman–Crippen LogP) is 0.615. The summed E-state index contributed by atoms with van der Waals surface area (Å²) in [4.78, 5) is 2.20. The van der Waals surface area contributed by atoms with Crippen LogP contribution in [0.2, 0.25) is 0 Å². The van der Waals surface area contributed by atoms with E-state index in [2.05, 4.69) is 39.1 Å². The Bertz CT molecular complexity index is 352. The van der Waals surface area contributed by atoms with E-state index in [4.69, 9.17) is 0 Å². The summed E-state index contributed by atoms with van der Waals surface area (Å²) in [5.74, 6) is 2.73. The first kappa shape index (κ1) is 12.5. The molecule has 0 radical (unpaired) electrons. The molecule has 1 N–H and O–H groups in total. The van der Waals surface area contributed by atoms with Gasteiger partial charge in [0.15, 0.2) is 0 Å². The fourth-order valence-electron chi connectivity index (χ4n) is 2.35. The Morgan fingerprint density at radius 3 is 2.88 bits per heavy atom. The third-order valence-corrected chi connectivity index (χ3v) is 3.40. The number of aromatic nitrogens is 3. The minimum Gasteiger partial charge on any atom is -0.316 e. The SMILES string of the molecule is Cc1nnc(C2CCCNC2)n1CCN(C)C. The molecule has 0 amide bonds. The lowest BCUT2D eigenvalue weighted by Gasteiger charge is -2.23. The summed E-state index contributed by atoms with van der Waals surface area (Å²) in [5.41, 5.74) is 0. The van der Waals surface area contributed by atoms with Gasteiger partial charge in [0.1, 0.15) is 11.6 Å². The van der Waals surface area contributed by atoms with E-state index in [0.29, 0.717) is 5.92 Å². The fraction of sp³-hybridized carbons (Fsp3) is 0.833. The van der Waals surface area contributed by atoms with Gasteiger partial charge in [-0.15, -0.1) is 10.2 Å². The quantitative estimate of drug-likeness (QED) is 0.833. The Labute approximate surface area is 103 Å². The second kappa shape index (κ2) is 5.60. The van der Waals surface area contributed by atoms with E-state index in [0.717, 1.165) is 37.8 Å². The van der Waals surface area contributed by atoms with Gasteiger partial charge in [-0.2, -0.15) is 0 Å².